The van der Waals surface area contributed by atoms with Crippen molar-refractivity contribution in [1.29, 1.82) is 0 Å². The topological polar surface area (TPSA) is 24.9 Å². The molecule has 58 valence electrons. The van der Waals surface area contributed by atoms with E-state index in [-0.39, 0.29) is 12.4 Å². The molecular formula is C6H11ClN2S. The summed E-state index contributed by atoms with van der Waals surface area (Å²) >= 11 is 1.70. The fraction of sp³-hybridized carbons (Fsp3) is 0.500. The summed E-state index contributed by atoms with van der Waals surface area (Å²) in [6.45, 7) is 2.90. The highest BCUT2D eigenvalue weighted by molar-refractivity contribution is 7.09. The van der Waals surface area contributed by atoms with E-state index < -0.39 is 0 Å². The molecule has 0 unspecified atom stereocenters. The van der Waals surface area contributed by atoms with Crippen LogP contribution in [-0.2, 0) is 6.54 Å². The molecule has 0 aliphatic heterocycles. The van der Waals surface area contributed by atoms with E-state index in [4.69, 9.17) is 0 Å². The third kappa shape index (κ3) is 2.64. The summed E-state index contributed by atoms with van der Waals surface area (Å²) in [4.78, 5) is 4.26. The summed E-state index contributed by atoms with van der Waals surface area (Å²) in [6.07, 6.45) is 0. The fourth-order valence-corrected chi connectivity index (χ4v) is 1.42. The molecule has 1 aromatic heterocycles. The Morgan fingerprint density at radius 1 is 1.70 bits per heavy atom. The van der Waals surface area contributed by atoms with Crippen molar-refractivity contribution < 1.29 is 0 Å². The molecule has 0 aliphatic carbocycles. The summed E-state index contributed by atoms with van der Waals surface area (Å²) < 4.78 is 0. The van der Waals surface area contributed by atoms with E-state index in [1.54, 1.807) is 11.3 Å². The van der Waals surface area contributed by atoms with Gasteiger partial charge in [-0.25, -0.2) is 4.98 Å². The van der Waals surface area contributed by atoms with Crippen molar-refractivity contribution >= 4 is 23.7 Å². The molecule has 0 atom stereocenters. The highest BCUT2D eigenvalue weighted by Gasteiger charge is 1.93. The smallest absolute Gasteiger partial charge is 0.107 e. The van der Waals surface area contributed by atoms with Gasteiger partial charge in [-0.15, -0.1) is 23.7 Å². The monoisotopic (exact) mass is 178 g/mol. The third-order valence-corrected chi connectivity index (χ3v) is 1.96. The van der Waals surface area contributed by atoms with E-state index in [9.17, 15) is 0 Å². The summed E-state index contributed by atoms with van der Waals surface area (Å²) in [5.74, 6) is 0. The van der Waals surface area contributed by atoms with Crippen molar-refractivity contribution in [2.24, 2.45) is 0 Å². The molecule has 4 heteroatoms. The number of aryl methyl sites for hydroxylation is 1. The molecule has 0 saturated carbocycles. The Hall–Kier alpha value is -0.120. The number of nitrogens with zero attached hydrogens (tertiary/aromatic N) is 1. The van der Waals surface area contributed by atoms with E-state index in [2.05, 4.69) is 15.7 Å². The Balaban J connectivity index is 0.000000810. The molecule has 2 nitrogen and oxygen atoms in total. The lowest BCUT2D eigenvalue weighted by Gasteiger charge is -1.88. The van der Waals surface area contributed by atoms with Gasteiger partial charge in [0.05, 0.1) is 0 Å². The van der Waals surface area contributed by atoms with Gasteiger partial charge in [0.2, 0.25) is 0 Å². The number of aromatic nitrogens is 1. The summed E-state index contributed by atoms with van der Waals surface area (Å²) in [7, 11) is 1.93. The highest BCUT2D eigenvalue weighted by atomic mass is 35.5. The molecular weight excluding hydrogens is 168 g/mol. The highest BCUT2D eigenvalue weighted by Crippen LogP contribution is 2.06. The summed E-state index contributed by atoms with van der Waals surface area (Å²) in [6, 6.07) is 0. The quantitative estimate of drug-likeness (QED) is 0.744. The van der Waals surface area contributed by atoms with Crippen LogP contribution < -0.4 is 5.32 Å². The van der Waals surface area contributed by atoms with Crippen LogP contribution in [0.3, 0.4) is 0 Å². The first-order valence-corrected chi connectivity index (χ1v) is 3.76. The average molecular weight is 179 g/mol. The standard InChI is InChI=1S/C6H10N2S.ClH/c1-5-4-9-6(8-5)3-7-2;/h4,7H,3H2,1-2H3;1H. The van der Waals surface area contributed by atoms with E-state index in [1.807, 2.05) is 14.0 Å². The Morgan fingerprint density at radius 3 is 2.80 bits per heavy atom. The lowest BCUT2D eigenvalue weighted by Crippen LogP contribution is -2.04. The normalized spacial score (nSPS) is 9.00. The van der Waals surface area contributed by atoms with Crippen LogP contribution in [0.1, 0.15) is 10.7 Å². The van der Waals surface area contributed by atoms with Crippen molar-refractivity contribution in [3.8, 4) is 0 Å². The first-order valence-electron chi connectivity index (χ1n) is 2.88. The predicted octanol–water partition coefficient (Wildman–Crippen LogP) is 1.59. The maximum absolute atomic E-state index is 4.26. The minimum atomic E-state index is 0. The molecule has 1 heterocycles. The fourth-order valence-electron chi connectivity index (χ4n) is 0.635. The van der Waals surface area contributed by atoms with Crippen LogP contribution in [0.2, 0.25) is 0 Å². The van der Waals surface area contributed by atoms with E-state index >= 15 is 0 Å². The van der Waals surface area contributed by atoms with E-state index in [0.29, 0.717) is 0 Å². The Bertz CT molecular complexity index is 188. The second-order valence-electron chi connectivity index (χ2n) is 1.91. The SMILES string of the molecule is CNCc1nc(C)cs1.Cl. The number of thiazole rings is 1. The Morgan fingerprint density at radius 2 is 2.40 bits per heavy atom. The maximum atomic E-state index is 4.26. The van der Waals surface area contributed by atoms with E-state index in [0.717, 1.165) is 17.2 Å². The average Bonchev–Trinajstić information content (AvgIpc) is 2.17. The second-order valence-corrected chi connectivity index (χ2v) is 2.86. The molecule has 1 rings (SSSR count). The number of nitrogens with one attached hydrogen (secondary N) is 1. The van der Waals surface area contributed by atoms with Crippen molar-refractivity contribution in [2.75, 3.05) is 7.05 Å². The zero-order valence-electron chi connectivity index (χ0n) is 6.05. The number of halogens is 1. The van der Waals surface area contributed by atoms with Gasteiger partial charge in [0.15, 0.2) is 0 Å². The van der Waals surface area contributed by atoms with Crippen LogP contribution in [0.25, 0.3) is 0 Å². The predicted molar refractivity (Wildman–Crippen MR) is 46.9 cm³/mol. The van der Waals surface area contributed by atoms with Gasteiger partial charge >= 0.3 is 0 Å². The molecule has 10 heavy (non-hydrogen) atoms. The van der Waals surface area contributed by atoms with Crippen LogP contribution >= 0.6 is 23.7 Å². The Kier molecular flexibility index (Phi) is 4.60. The molecule has 0 radical (unpaired) electrons. The van der Waals surface area contributed by atoms with Gasteiger partial charge in [-0.05, 0) is 14.0 Å². The van der Waals surface area contributed by atoms with Gasteiger partial charge in [-0.1, -0.05) is 0 Å². The number of hydrogen-bond acceptors (Lipinski definition) is 3. The molecule has 0 saturated heterocycles. The zero-order valence-corrected chi connectivity index (χ0v) is 7.68. The molecule has 0 spiro atoms. The minimum absolute atomic E-state index is 0. The van der Waals surface area contributed by atoms with Gasteiger partial charge in [-0.3, -0.25) is 0 Å². The van der Waals surface area contributed by atoms with Crippen LogP contribution in [0.5, 0.6) is 0 Å². The first kappa shape index (κ1) is 9.88. The number of rotatable bonds is 2. The molecule has 0 fully saturated rings. The van der Waals surface area contributed by atoms with Gasteiger partial charge in [-0.2, -0.15) is 0 Å². The molecule has 0 aromatic carbocycles. The lowest BCUT2D eigenvalue weighted by molar-refractivity contribution is 0.807. The molecule has 0 amide bonds. The van der Waals surface area contributed by atoms with Gasteiger partial charge in [0, 0.05) is 17.6 Å². The van der Waals surface area contributed by atoms with Crippen molar-refractivity contribution in [2.45, 2.75) is 13.5 Å². The van der Waals surface area contributed by atoms with Gasteiger partial charge in [0.25, 0.3) is 0 Å². The lowest BCUT2D eigenvalue weighted by atomic mass is 10.6. The van der Waals surface area contributed by atoms with Gasteiger partial charge in [0.1, 0.15) is 5.01 Å². The van der Waals surface area contributed by atoms with Crippen LogP contribution in [0.4, 0.5) is 0 Å². The molecule has 1 N–H and O–H groups in total. The molecule has 0 bridgehead atoms. The third-order valence-electron chi connectivity index (χ3n) is 0.995. The second kappa shape index (κ2) is 4.66. The van der Waals surface area contributed by atoms with Crippen molar-refractivity contribution in [1.82, 2.24) is 10.3 Å². The zero-order chi connectivity index (χ0) is 6.69. The largest absolute Gasteiger partial charge is 0.314 e. The summed E-state index contributed by atoms with van der Waals surface area (Å²) in [5.41, 5.74) is 1.12. The number of hydrogen-bond donors (Lipinski definition) is 1. The van der Waals surface area contributed by atoms with Crippen LogP contribution in [0, 0.1) is 6.92 Å². The molecule has 0 aliphatic rings. The van der Waals surface area contributed by atoms with Crippen molar-refractivity contribution in [3.05, 3.63) is 16.1 Å². The van der Waals surface area contributed by atoms with Crippen molar-refractivity contribution in [3.63, 3.8) is 0 Å². The van der Waals surface area contributed by atoms with Crippen LogP contribution in [0.15, 0.2) is 5.38 Å². The molecule has 1 aromatic rings. The Labute approximate surface area is 71.1 Å². The summed E-state index contributed by atoms with van der Waals surface area (Å²) in [5, 5.41) is 6.27. The van der Waals surface area contributed by atoms with Gasteiger partial charge < -0.3 is 5.32 Å². The minimum Gasteiger partial charge on any atom is -0.314 e. The van der Waals surface area contributed by atoms with E-state index in [1.165, 1.54) is 0 Å². The maximum Gasteiger partial charge on any atom is 0.107 e. The van der Waals surface area contributed by atoms with Crippen LogP contribution in [-0.4, -0.2) is 12.0 Å². The first-order chi connectivity index (χ1) is 4.33.